The molecule has 0 bridgehead atoms. The van der Waals surface area contributed by atoms with Gasteiger partial charge < -0.3 is 4.74 Å². The van der Waals surface area contributed by atoms with Crippen LogP contribution in [-0.2, 0) is 0 Å². The molecule has 3 heterocycles. The largest absolute Gasteiger partial charge is 0.481 e. The van der Waals surface area contributed by atoms with E-state index in [1.54, 1.807) is 19.5 Å². The molecule has 0 spiro atoms. The third-order valence-electron chi connectivity index (χ3n) is 2.56. The predicted octanol–water partition coefficient (Wildman–Crippen LogP) is 2.03. The average Bonchev–Trinajstić information content (AvgIpc) is 2.82. The average molecular weight is 226 g/mol. The maximum absolute atomic E-state index is 5.24. The molecule has 17 heavy (non-hydrogen) atoms. The highest BCUT2D eigenvalue weighted by molar-refractivity contribution is 5.91. The van der Waals surface area contributed by atoms with Crippen LogP contribution in [0.5, 0.6) is 5.88 Å². The Kier molecular flexibility index (Phi) is 2.22. The summed E-state index contributed by atoms with van der Waals surface area (Å²) in [7, 11) is 1.60. The van der Waals surface area contributed by atoms with E-state index in [4.69, 9.17) is 4.74 Å². The van der Waals surface area contributed by atoms with Crippen LogP contribution in [-0.4, -0.2) is 27.3 Å². The van der Waals surface area contributed by atoms with Gasteiger partial charge in [0.05, 0.1) is 18.4 Å². The van der Waals surface area contributed by atoms with Gasteiger partial charge in [0.2, 0.25) is 5.88 Å². The topological polar surface area (TPSA) is 63.7 Å². The van der Waals surface area contributed by atoms with Gasteiger partial charge >= 0.3 is 0 Å². The van der Waals surface area contributed by atoms with Crippen molar-refractivity contribution in [2.75, 3.05) is 7.11 Å². The van der Waals surface area contributed by atoms with Gasteiger partial charge in [-0.1, -0.05) is 0 Å². The maximum Gasteiger partial charge on any atom is 0.222 e. The summed E-state index contributed by atoms with van der Waals surface area (Å²) < 4.78 is 5.24. The number of methoxy groups -OCH3 is 1. The predicted molar refractivity (Wildman–Crippen MR) is 63.7 cm³/mol. The van der Waals surface area contributed by atoms with E-state index in [9.17, 15) is 0 Å². The molecule has 0 saturated carbocycles. The molecular formula is C12H10N4O. The van der Waals surface area contributed by atoms with Gasteiger partial charge in [-0.2, -0.15) is 5.10 Å². The monoisotopic (exact) mass is 226 g/mol. The number of ether oxygens (including phenoxy) is 1. The van der Waals surface area contributed by atoms with Crippen LogP contribution in [0.4, 0.5) is 0 Å². The quantitative estimate of drug-likeness (QED) is 0.726. The first-order chi connectivity index (χ1) is 8.40. The number of hydrogen-bond acceptors (Lipinski definition) is 4. The molecule has 1 N–H and O–H groups in total. The minimum Gasteiger partial charge on any atom is -0.481 e. The summed E-state index contributed by atoms with van der Waals surface area (Å²) in [5.74, 6) is 0.571. The number of nitrogens with zero attached hydrogens (tertiary/aromatic N) is 3. The van der Waals surface area contributed by atoms with E-state index in [0.717, 1.165) is 16.6 Å². The Morgan fingerprint density at radius 1 is 1.12 bits per heavy atom. The molecule has 3 aromatic heterocycles. The summed E-state index contributed by atoms with van der Waals surface area (Å²) in [5.41, 5.74) is 2.44. The van der Waals surface area contributed by atoms with Gasteiger partial charge in [-0.15, -0.1) is 0 Å². The number of hydrogen-bond donors (Lipinski definition) is 1. The highest BCUT2D eigenvalue weighted by Gasteiger charge is 2.12. The standard InChI is InChI=1S/C12H10N4O/c1-17-12-9(5-3-7-14-12)10-8-4-2-6-13-11(8)16-15-10/h2-7H,1H3,(H,13,15,16). The Bertz CT molecular complexity index is 662. The summed E-state index contributed by atoms with van der Waals surface area (Å²) in [6.07, 6.45) is 3.41. The highest BCUT2D eigenvalue weighted by Crippen LogP contribution is 2.30. The lowest BCUT2D eigenvalue weighted by molar-refractivity contribution is 0.399. The molecule has 3 aromatic rings. The van der Waals surface area contributed by atoms with Crippen molar-refractivity contribution in [2.45, 2.75) is 0 Å². The van der Waals surface area contributed by atoms with Crippen LogP contribution < -0.4 is 4.74 Å². The maximum atomic E-state index is 5.24. The smallest absolute Gasteiger partial charge is 0.222 e. The van der Waals surface area contributed by atoms with E-state index in [0.29, 0.717) is 11.5 Å². The molecule has 5 nitrogen and oxygen atoms in total. The molecule has 5 heteroatoms. The van der Waals surface area contributed by atoms with Crippen LogP contribution in [0.1, 0.15) is 0 Å². The number of fused-ring (bicyclic) bond motifs is 1. The van der Waals surface area contributed by atoms with Gasteiger partial charge in [0.25, 0.3) is 0 Å². The van der Waals surface area contributed by atoms with Gasteiger partial charge in [0.15, 0.2) is 5.65 Å². The van der Waals surface area contributed by atoms with E-state index in [-0.39, 0.29) is 0 Å². The molecule has 0 aliphatic heterocycles. The van der Waals surface area contributed by atoms with E-state index in [1.165, 1.54) is 0 Å². The fourth-order valence-corrected chi connectivity index (χ4v) is 1.80. The fraction of sp³-hybridized carbons (Fsp3) is 0.0833. The second-order valence-corrected chi connectivity index (χ2v) is 3.53. The first-order valence-corrected chi connectivity index (χ1v) is 5.18. The van der Waals surface area contributed by atoms with E-state index in [1.807, 2.05) is 24.3 Å². The van der Waals surface area contributed by atoms with Crippen molar-refractivity contribution < 1.29 is 4.74 Å². The van der Waals surface area contributed by atoms with Crippen molar-refractivity contribution >= 4 is 11.0 Å². The van der Waals surface area contributed by atoms with Crippen LogP contribution in [0.15, 0.2) is 36.7 Å². The highest BCUT2D eigenvalue weighted by atomic mass is 16.5. The zero-order valence-electron chi connectivity index (χ0n) is 9.21. The molecule has 3 rings (SSSR count). The molecule has 0 radical (unpaired) electrons. The summed E-state index contributed by atoms with van der Waals surface area (Å²) in [5, 5.41) is 8.08. The second-order valence-electron chi connectivity index (χ2n) is 3.53. The van der Waals surface area contributed by atoms with Crippen molar-refractivity contribution in [1.29, 1.82) is 0 Å². The number of aromatic amines is 1. The van der Waals surface area contributed by atoms with Gasteiger partial charge in [-0.3, -0.25) is 5.10 Å². The Labute approximate surface area is 97.5 Å². The number of aromatic nitrogens is 4. The molecule has 0 atom stereocenters. The molecule has 0 aliphatic carbocycles. The van der Waals surface area contributed by atoms with Crippen LogP contribution in [0.2, 0.25) is 0 Å². The molecule has 0 amide bonds. The Hall–Kier alpha value is -2.43. The molecule has 84 valence electrons. The van der Waals surface area contributed by atoms with Crippen molar-refractivity contribution in [3.8, 4) is 17.1 Å². The summed E-state index contributed by atoms with van der Waals surface area (Å²) in [6.45, 7) is 0. The second kappa shape index (κ2) is 3.86. The first-order valence-electron chi connectivity index (χ1n) is 5.18. The van der Waals surface area contributed by atoms with Gasteiger partial charge in [-0.25, -0.2) is 9.97 Å². The molecule has 0 aliphatic rings. The molecule has 0 fully saturated rings. The number of nitrogens with one attached hydrogen (secondary N) is 1. The molecule has 0 unspecified atom stereocenters. The lowest BCUT2D eigenvalue weighted by Crippen LogP contribution is -1.91. The third-order valence-corrected chi connectivity index (χ3v) is 2.56. The minimum atomic E-state index is 0.571. The number of H-pyrrole nitrogens is 1. The zero-order chi connectivity index (χ0) is 11.7. The van der Waals surface area contributed by atoms with Crippen LogP contribution >= 0.6 is 0 Å². The number of rotatable bonds is 2. The molecule has 0 aromatic carbocycles. The lowest BCUT2D eigenvalue weighted by atomic mass is 10.1. The van der Waals surface area contributed by atoms with Crippen molar-refractivity contribution in [3.63, 3.8) is 0 Å². The van der Waals surface area contributed by atoms with Crippen LogP contribution in [0.3, 0.4) is 0 Å². The Balaban J connectivity index is 2.27. The summed E-state index contributed by atoms with van der Waals surface area (Å²) in [6, 6.07) is 7.64. The van der Waals surface area contributed by atoms with Gasteiger partial charge in [-0.05, 0) is 24.3 Å². The van der Waals surface area contributed by atoms with Crippen molar-refractivity contribution in [1.82, 2.24) is 20.2 Å². The minimum absolute atomic E-state index is 0.571. The molecular weight excluding hydrogens is 216 g/mol. The van der Waals surface area contributed by atoms with Crippen molar-refractivity contribution in [3.05, 3.63) is 36.7 Å². The Morgan fingerprint density at radius 2 is 1.94 bits per heavy atom. The van der Waals surface area contributed by atoms with E-state index < -0.39 is 0 Å². The van der Waals surface area contributed by atoms with Crippen LogP contribution in [0.25, 0.3) is 22.3 Å². The van der Waals surface area contributed by atoms with Crippen molar-refractivity contribution in [2.24, 2.45) is 0 Å². The van der Waals surface area contributed by atoms with E-state index in [2.05, 4.69) is 20.2 Å². The Morgan fingerprint density at radius 3 is 2.82 bits per heavy atom. The SMILES string of the molecule is COc1ncccc1-c1[nH]nc2ncccc12. The van der Waals surface area contributed by atoms with E-state index >= 15 is 0 Å². The fourth-order valence-electron chi connectivity index (χ4n) is 1.80. The molecule has 0 saturated heterocycles. The van der Waals surface area contributed by atoms with Gasteiger partial charge in [0, 0.05) is 17.8 Å². The normalized spacial score (nSPS) is 10.6. The summed E-state index contributed by atoms with van der Waals surface area (Å²) in [4.78, 5) is 8.35. The third kappa shape index (κ3) is 1.52. The summed E-state index contributed by atoms with van der Waals surface area (Å²) >= 11 is 0. The van der Waals surface area contributed by atoms with Crippen LogP contribution in [0, 0.1) is 0 Å². The zero-order valence-corrected chi connectivity index (χ0v) is 9.21. The number of pyridine rings is 2. The van der Waals surface area contributed by atoms with Gasteiger partial charge in [0.1, 0.15) is 0 Å². The first kappa shape index (κ1) is 9.77. The lowest BCUT2D eigenvalue weighted by Gasteiger charge is -2.04.